The number of nitrogens with zero attached hydrogens (tertiary/aromatic N) is 2. The minimum Gasteiger partial charge on any atom is -0.362 e. The Bertz CT molecular complexity index is 582. The molecule has 1 heterocycles. The van der Waals surface area contributed by atoms with Crippen LogP contribution in [-0.2, 0) is 12.8 Å². The van der Waals surface area contributed by atoms with E-state index in [9.17, 15) is 0 Å². The van der Waals surface area contributed by atoms with Crippen LogP contribution < -0.4 is 11.1 Å². The Morgan fingerprint density at radius 1 is 1.32 bits per heavy atom. The van der Waals surface area contributed by atoms with Crippen molar-refractivity contribution in [1.29, 1.82) is 0 Å². The zero-order chi connectivity index (χ0) is 13.2. The quantitative estimate of drug-likeness (QED) is 0.880. The number of hydrogen-bond acceptors (Lipinski definition) is 4. The lowest BCUT2D eigenvalue weighted by molar-refractivity contribution is 0.623. The number of hydrogen-bond donors (Lipinski definition) is 2. The number of aryl methyl sites for hydroxylation is 1. The molecule has 0 radical (unpaired) electrons. The van der Waals surface area contributed by atoms with Gasteiger partial charge in [-0.25, -0.2) is 9.97 Å². The molecule has 2 atom stereocenters. The molecule has 3 N–H and O–H groups in total. The topological polar surface area (TPSA) is 63.8 Å². The molecule has 1 aliphatic rings. The molecule has 1 aliphatic carbocycles. The average molecular weight is 254 g/mol. The van der Waals surface area contributed by atoms with Gasteiger partial charge in [0.25, 0.3) is 0 Å². The highest BCUT2D eigenvalue weighted by molar-refractivity contribution is 5.45. The second-order valence-electron chi connectivity index (χ2n) is 4.94. The Hall–Kier alpha value is -1.94. The Morgan fingerprint density at radius 3 is 3.00 bits per heavy atom. The predicted octanol–water partition coefficient (Wildman–Crippen LogP) is 2.08. The Labute approximate surface area is 113 Å². The normalized spacial score (nSPS) is 21.2. The molecule has 0 bridgehead atoms. The number of nitrogens with one attached hydrogen (secondary N) is 1. The van der Waals surface area contributed by atoms with Gasteiger partial charge in [-0.15, -0.1) is 0 Å². The van der Waals surface area contributed by atoms with Crippen LogP contribution in [0.5, 0.6) is 0 Å². The highest BCUT2D eigenvalue weighted by Gasteiger charge is 2.29. The van der Waals surface area contributed by atoms with Gasteiger partial charge < -0.3 is 11.1 Å². The van der Waals surface area contributed by atoms with Crippen molar-refractivity contribution in [3.8, 4) is 0 Å². The third-order valence-corrected chi connectivity index (χ3v) is 3.66. The van der Waals surface area contributed by atoms with Crippen LogP contribution in [0.25, 0.3) is 0 Å². The number of anilines is 1. The summed E-state index contributed by atoms with van der Waals surface area (Å²) in [6, 6.07) is 10.6. The number of aromatic nitrogens is 2. The third-order valence-electron chi connectivity index (χ3n) is 3.66. The summed E-state index contributed by atoms with van der Waals surface area (Å²) < 4.78 is 0. The minimum atomic E-state index is 0.0949. The van der Waals surface area contributed by atoms with E-state index in [0.29, 0.717) is 0 Å². The van der Waals surface area contributed by atoms with Gasteiger partial charge in [0.2, 0.25) is 0 Å². The fraction of sp³-hybridized carbons (Fsp3) is 0.333. The molecular formula is C15H18N4. The summed E-state index contributed by atoms with van der Waals surface area (Å²) in [4.78, 5) is 8.49. The standard InChI is InChI=1S/C15H18N4/c1-2-11-8-14(18-9-17-11)19-15-12-6-4-3-5-10(12)7-13(15)16/h3-6,8-9,13,15H,2,7,16H2,1H3,(H,17,18,19). The van der Waals surface area contributed by atoms with Crippen molar-refractivity contribution in [1.82, 2.24) is 9.97 Å². The maximum absolute atomic E-state index is 6.24. The lowest BCUT2D eigenvalue weighted by atomic mass is 10.1. The zero-order valence-corrected chi connectivity index (χ0v) is 11.0. The first-order valence-corrected chi connectivity index (χ1v) is 6.68. The van der Waals surface area contributed by atoms with Gasteiger partial charge >= 0.3 is 0 Å². The lowest BCUT2D eigenvalue weighted by Crippen LogP contribution is -2.30. The van der Waals surface area contributed by atoms with Crippen LogP contribution in [0.3, 0.4) is 0 Å². The summed E-state index contributed by atoms with van der Waals surface area (Å²) in [6.45, 7) is 2.09. The van der Waals surface area contributed by atoms with E-state index < -0.39 is 0 Å². The number of benzene rings is 1. The molecule has 98 valence electrons. The first-order chi connectivity index (χ1) is 9.28. The molecule has 0 fully saturated rings. The van der Waals surface area contributed by atoms with E-state index in [-0.39, 0.29) is 12.1 Å². The number of fused-ring (bicyclic) bond motifs is 1. The van der Waals surface area contributed by atoms with E-state index in [2.05, 4.69) is 46.5 Å². The molecule has 19 heavy (non-hydrogen) atoms. The van der Waals surface area contributed by atoms with Crippen molar-refractivity contribution < 1.29 is 0 Å². The van der Waals surface area contributed by atoms with Crippen molar-refractivity contribution in [2.45, 2.75) is 31.8 Å². The molecule has 0 spiro atoms. The Kier molecular flexibility index (Phi) is 3.17. The SMILES string of the molecule is CCc1cc(NC2c3ccccc3CC2N)ncn1. The van der Waals surface area contributed by atoms with Gasteiger partial charge in [-0.05, 0) is 24.0 Å². The largest absolute Gasteiger partial charge is 0.362 e. The molecular weight excluding hydrogens is 236 g/mol. The van der Waals surface area contributed by atoms with Crippen LogP contribution in [0, 0.1) is 0 Å². The van der Waals surface area contributed by atoms with Gasteiger partial charge in [0.15, 0.2) is 0 Å². The molecule has 0 amide bonds. The first kappa shape index (κ1) is 12.1. The van der Waals surface area contributed by atoms with Crippen molar-refractivity contribution in [3.63, 3.8) is 0 Å². The summed E-state index contributed by atoms with van der Waals surface area (Å²) in [5.41, 5.74) is 9.90. The Morgan fingerprint density at radius 2 is 2.16 bits per heavy atom. The van der Waals surface area contributed by atoms with Crippen molar-refractivity contribution in [2.75, 3.05) is 5.32 Å². The third kappa shape index (κ3) is 2.31. The summed E-state index contributed by atoms with van der Waals surface area (Å²) in [5.74, 6) is 0.851. The first-order valence-electron chi connectivity index (χ1n) is 6.68. The van der Waals surface area contributed by atoms with E-state index in [1.807, 2.05) is 6.07 Å². The van der Waals surface area contributed by atoms with Crippen LogP contribution in [0.4, 0.5) is 5.82 Å². The van der Waals surface area contributed by atoms with Crippen LogP contribution in [-0.4, -0.2) is 16.0 Å². The summed E-state index contributed by atoms with van der Waals surface area (Å²) >= 11 is 0. The lowest BCUT2D eigenvalue weighted by Gasteiger charge is -2.19. The molecule has 2 unspecified atom stereocenters. The van der Waals surface area contributed by atoms with E-state index in [0.717, 1.165) is 24.4 Å². The fourth-order valence-electron chi connectivity index (χ4n) is 2.64. The highest BCUT2D eigenvalue weighted by atomic mass is 15.1. The van der Waals surface area contributed by atoms with E-state index in [4.69, 9.17) is 5.73 Å². The molecule has 4 nitrogen and oxygen atoms in total. The maximum atomic E-state index is 6.24. The fourth-order valence-corrected chi connectivity index (χ4v) is 2.64. The van der Waals surface area contributed by atoms with Crippen LogP contribution in [0.2, 0.25) is 0 Å². The minimum absolute atomic E-state index is 0.0949. The summed E-state index contributed by atoms with van der Waals surface area (Å²) in [6.07, 6.45) is 3.43. The molecule has 1 aromatic heterocycles. The van der Waals surface area contributed by atoms with Gasteiger partial charge in [0.1, 0.15) is 12.1 Å². The van der Waals surface area contributed by atoms with Gasteiger partial charge in [-0.3, -0.25) is 0 Å². The van der Waals surface area contributed by atoms with Crippen LogP contribution >= 0.6 is 0 Å². The van der Waals surface area contributed by atoms with Gasteiger partial charge in [-0.2, -0.15) is 0 Å². The van der Waals surface area contributed by atoms with Gasteiger partial charge in [0, 0.05) is 17.8 Å². The smallest absolute Gasteiger partial charge is 0.130 e. The number of nitrogens with two attached hydrogens (primary N) is 1. The van der Waals surface area contributed by atoms with Crippen molar-refractivity contribution >= 4 is 5.82 Å². The molecule has 4 heteroatoms. The van der Waals surface area contributed by atoms with E-state index >= 15 is 0 Å². The molecule has 2 aromatic rings. The van der Waals surface area contributed by atoms with Gasteiger partial charge in [-0.1, -0.05) is 31.2 Å². The second kappa shape index (κ2) is 4.97. The molecule has 0 saturated carbocycles. The van der Waals surface area contributed by atoms with Crippen LogP contribution in [0.15, 0.2) is 36.7 Å². The van der Waals surface area contributed by atoms with Crippen molar-refractivity contribution in [3.05, 3.63) is 53.5 Å². The molecule has 0 saturated heterocycles. The molecule has 1 aromatic carbocycles. The van der Waals surface area contributed by atoms with E-state index in [1.54, 1.807) is 6.33 Å². The molecule has 3 rings (SSSR count). The number of rotatable bonds is 3. The second-order valence-corrected chi connectivity index (χ2v) is 4.94. The van der Waals surface area contributed by atoms with Crippen LogP contribution in [0.1, 0.15) is 29.8 Å². The predicted molar refractivity (Wildman–Crippen MR) is 75.9 cm³/mol. The summed E-state index contributed by atoms with van der Waals surface area (Å²) in [7, 11) is 0. The maximum Gasteiger partial charge on any atom is 0.130 e. The molecule has 0 aliphatic heterocycles. The summed E-state index contributed by atoms with van der Waals surface area (Å²) in [5, 5.41) is 3.45. The zero-order valence-electron chi connectivity index (χ0n) is 11.0. The van der Waals surface area contributed by atoms with Gasteiger partial charge in [0.05, 0.1) is 6.04 Å². The highest BCUT2D eigenvalue weighted by Crippen LogP contribution is 2.32. The van der Waals surface area contributed by atoms with Crippen molar-refractivity contribution in [2.24, 2.45) is 5.73 Å². The Balaban J connectivity index is 1.87. The average Bonchev–Trinajstić information content (AvgIpc) is 2.76. The van der Waals surface area contributed by atoms with E-state index in [1.165, 1.54) is 11.1 Å². The monoisotopic (exact) mass is 254 g/mol.